The van der Waals surface area contributed by atoms with Gasteiger partial charge in [0.1, 0.15) is 5.82 Å². The molecular weight excluding hydrogens is 459 g/mol. The number of phenolic OH excluding ortho intramolecular Hbond substituents is 1. The van der Waals surface area contributed by atoms with Gasteiger partial charge in [0.05, 0.1) is 16.6 Å². The minimum absolute atomic E-state index is 0.0363. The van der Waals surface area contributed by atoms with E-state index in [0.717, 1.165) is 24.3 Å². The van der Waals surface area contributed by atoms with Gasteiger partial charge in [0, 0.05) is 22.7 Å². The second-order valence-corrected chi connectivity index (χ2v) is 8.24. The monoisotopic (exact) mass is 474 g/mol. The quantitative estimate of drug-likeness (QED) is 0.388. The zero-order chi connectivity index (χ0) is 23.6. The van der Waals surface area contributed by atoms with Crippen molar-refractivity contribution in [3.63, 3.8) is 0 Å². The third-order valence-electron chi connectivity index (χ3n) is 5.80. The number of halogens is 6. The molecule has 0 radical (unpaired) electrons. The zero-order valence-electron chi connectivity index (χ0n) is 16.3. The molecule has 3 atom stereocenters. The predicted molar refractivity (Wildman–Crippen MR) is 108 cm³/mol. The largest absolute Gasteiger partial charge is 0.505 e. The number of aliphatic hydroxyl groups is 1. The fourth-order valence-electron chi connectivity index (χ4n) is 4.32. The van der Waals surface area contributed by atoms with Crippen LogP contribution in [0.2, 0.25) is 5.02 Å². The van der Waals surface area contributed by atoms with Crippen LogP contribution in [0.4, 0.5) is 27.6 Å². The highest BCUT2D eigenvalue weighted by molar-refractivity contribution is 6.31. The topological polar surface area (TPSA) is 85.4 Å². The number of aromatic nitrogens is 1. The summed E-state index contributed by atoms with van der Waals surface area (Å²) >= 11 is 5.79. The number of aromatic hydroxyl groups is 1. The van der Waals surface area contributed by atoms with Gasteiger partial charge in [0.25, 0.3) is 0 Å². The molecule has 3 aromatic rings. The van der Waals surface area contributed by atoms with Gasteiger partial charge in [-0.15, -0.1) is 0 Å². The van der Waals surface area contributed by atoms with E-state index >= 15 is 0 Å². The lowest BCUT2D eigenvalue weighted by Gasteiger charge is -2.45. The van der Waals surface area contributed by atoms with Gasteiger partial charge in [-0.05, 0) is 42.2 Å². The first-order valence-electron chi connectivity index (χ1n) is 9.43. The zero-order valence-corrected chi connectivity index (χ0v) is 17.1. The van der Waals surface area contributed by atoms with Crippen LogP contribution < -0.4 is 10.9 Å². The minimum atomic E-state index is -5.13. The first-order valence-corrected chi connectivity index (χ1v) is 9.81. The smallest absolute Gasteiger partial charge is 0.419 e. The molecule has 0 amide bonds. The standard InChI is InChI=1S/C21H16ClF5N2O3/c1-8-7-20(32,21(25,26)27)19(10-6-11(22)16(24)18(31)15(8)10)28-13-4-3-12(23)17-9(13)2-5-14(30)29-17/h2-6,8,19,28,31-32H,7H2,1H3,(H,29,30)/t8-,19+,20+/m1/s1. The summed E-state index contributed by atoms with van der Waals surface area (Å²) in [5.41, 5.74) is -4.62. The molecule has 0 aliphatic heterocycles. The molecule has 2 aromatic carbocycles. The van der Waals surface area contributed by atoms with E-state index in [9.17, 15) is 37.0 Å². The third kappa shape index (κ3) is 3.29. The molecule has 0 bridgehead atoms. The van der Waals surface area contributed by atoms with Crippen LogP contribution in [0.1, 0.15) is 36.4 Å². The van der Waals surface area contributed by atoms with Crippen LogP contribution in [-0.2, 0) is 0 Å². The Balaban J connectivity index is 1.97. The Morgan fingerprint density at radius 2 is 1.91 bits per heavy atom. The molecular formula is C21H16ClF5N2O3. The number of aromatic amines is 1. The highest BCUT2D eigenvalue weighted by Gasteiger charge is 2.62. The lowest BCUT2D eigenvalue weighted by molar-refractivity contribution is -0.272. The fraction of sp³-hybridized carbons (Fsp3) is 0.286. The Morgan fingerprint density at radius 1 is 1.22 bits per heavy atom. The Labute approximate surface area is 182 Å². The van der Waals surface area contributed by atoms with Crippen molar-refractivity contribution in [2.45, 2.75) is 37.1 Å². The lowest BCUT2D eigenvalue weighted by atomic mass is 9.70. The Hall–Kier alpha value is -2.85. The number of rotatable bonds is 2. The van der Waals surface area contributed by atoms with Gasteiger partial charge in [0.15, 0.2) is 17.2 Å². The summed E-state index contributed by atoms with van der Waals surface area (Å²) in [6.45, 7) is 1.32. The first kappa shape index (κ1) is 22.3. The van der Waals surface area contributed by atoms with Gasteiger partial charge in [-0.25, -0.2) is 8.78 Å². The van der Waals surface area contributed by atoms with Crippen molar-refractivity contribution in [3.05, 3.63) is 68.5 Å². The van der Waals surface area contributed by atoms with E-state index in [1.807, 2.05) is 0 Å². The van der Waals surface area contributed by atoms with Crippen LogP contribution in [0.5, 0.6) is 5.75 Å². The molecule has 0 spiro atoms. The molecule has 4 rings (SSSR count). The maximum absolute atomic E-state index is 14.2. The molecule has 0 saturated heterocycles. The maximum Gasteiger partial charge on any atom is 0.419 e. The van der Waals surface area contributed by atoms with Crippen LogP contribution in [0.25, 0.3) is 10.9 Å². The summed E-state index contributed by atoms with van der Waals surface area (Å²) in [4.78, 5) is 13.8. The molecule has 0 unspecified atom stereocenters. The van der Waals surface area contributed by atoms with Crippen molar-refractivity contribution < 1.29 is 32.2 Å². The van der Waals surface area contributed by atoms with E-state index in [1.54, 1.807) is 0 Å². The molecule has 32 heavy (non-hydrogen) atoms. The number of hydrogen-bond acceptors (Lipinski definition) is 4. The summed E-state index contributed by atoms with van der Waals surface area (Å²) in [6, 6.07) is 3.36. The third-order valence-corrected chi connectivity index (χ3v) is 6.07. The van der Waals surface area contributed by atoms with Crippen molar-refractivity contribution in [3.8, 4) is 5.75 Å². The Morgan fingerprint density at radius 3 is 2.56 bits per heavy atom. The molecule has 170 valence electrons. The molecule has 1 aliphatic rings. The van der Waals surface area contributed by atoms with E-state index in [2.05, 4.69) is 10.3 Å². The number of fused-ring (bicyclic) bond motifs is 2. The van der Waals surface area contributed by atoms with E-state index in [0.29, 0.717) is 0 Å². The predicted octanol–water partition coefficient (Wildman–Crippen LogP) is 5.12. The average Bonchev–Trinajstić information content (AvgIpc) is 2.69. The number of nitrogens with one attached hydrogen (secondary N) is 2. The van der Waals surface area contributed by atoms with Crippen LogP contribution in [0.3, 0.4) is 0 Å². The van der Waals surface area contributed by atoms with Gasteiger partial charge < -0.3 is 20.5 Å². The van der Waals surface area contributed by atoms with Gasteiger partial charge >= 0.3 is 6.18 Å². The second kappa shape index (κ2) is 7.35. The van der Waals surface area contributed by atoms with Crippen LogP contribution in [0, 0.1) is 11.6 Å². The van der Waals surface area contributed by atoms with Crippen molar-refractivity contribution in [2.75, 3.05) is 5.32 Å². The van der Waals surface area contributed by atoms with Gasteiger partial charge in [0.2, 0.25) is 5.56 Å². The number of benzene rings is 2. The van der Waals surface area contributed by atoms with Gasteiger partial charge in [-0.1, -0.05) is 18.5 Å². The van der Waals surface area contributed by atoms with Crippen molar-refractivity contribution in [1.82, 2.24) is 4.98 Å². The number of phenols is 1. The average molecular weight is 475 g/mol. The summed E-state index contributed by atoms with van der Waals surface area (Å²) in [5, 5.41) is 23.1. The molecule has 5 nitrogen and oxygen atoms in total. The molecule has 1 heterocycles. The Kier molecular flexibility index (Phi) is 5.13. The molecule has 0 fully saturated rings. The Bertz CT molecular complexity index is 1290. The van der Waals surface area contributed by atoms with E-state index < -0.39 is 58.1 Å². The number of pyridine rings is 1. The van der Waals surface area contributed by atoms with Crippen LogP contribution in [0.15, 0.2) is 35.1 Å². The van der Waals surface area contributed by atoms with Gasteiger partial charge in [-0.2, -0.15) is 13.2 Å². The van der Waals surface area contributed by atoms with Crippen LogP contribution >= 0.6 is 11.6 Å². The van der Waals surface area contributed by atoms with Crippen molar-refractivity contribution in [2.24, 2.45) is 0 Å². The van der Waals surface area contributed by atoms with Crippen LogP contribution in [-0.4, -0.2) is 27.0 Å². The number of hydrogen-bond donors (Lipinski definition) is 4. The van der Waals surface area contributed by atoms with E-state index in [4.69, 9.17) is 11.6 Å². The number of alkyl halides is 3. The molecule has 11 heteroatoms. The maximum atomic E-state index is 14.2. The minimum Gasteiger partial charge on any atom is -0.505 e. The lowest BCUT2D eigenvalue weighted by Crippen LogP contribution is -2.55. The number of H-pyrrole nitrogens is 1. The molecule has 4 N–H and O–H groups in total. The SMILES string of the molecule is C[C@@H]1C[C@@](O)(C(F)(F)F)[C@@H](Nc2ccc(F)c3[nH]c(=O)ccc23)c2cc(Cl)c(F)c(O)c21. The number of anilines is 1. The normalized spacial score (nSPS) is 23.2. The molecule has 1 aromatic heterocycles. The molecule has 1 aliphatic carbocycles. The van der Waals surface area contributed by atoms with E-state index in [1.165, 1.54) is 13.0 Å². The van der Waals surface area contributed by atoms with Crippen molar-refractivity contribution >= 4 is 28.2 Å². The first-order chi connectivity index (χ1) is 14.8. The highest BCUT2D eigenvalue weighted by atomic mass is 35.5. The second-order valence-electron chi connectivity index (χ2n) is 7.83. The van der Waals surface area contributed by atoms with E-state index in [-0.39, 0.29) is 27.7 Å². The van der Waals surface area contributed by atoms with Gasteiger partial charge in [-0.3, -0.25) is 4.79 Å². The van der Waals surface area contributed by atoms with Crippen molar-refractivity contribution in [1.29, 1.82) is 0 Å². The summed E-state index contributed by atoms with van der Waals surface area (Å²) in [7, 11) is 0. The highest BCUT2D eigenvalue weighted by Crippen LogP contribution is 2.55. The molecule has 0 saturated carbocycles. The summed E-state index contributed by atoms with van der Waals surface area (Å²) in [5.74, 6) is -3.96. The summed E-state index contributed by atoms with van der Waals surface area (Å²) in [6.07, 6.45) is -6.01. The summed E-state index contributed by atoms with van der Waals surface area (Å²) < 4.78 is 70.7. The fourth-order valence-corrected chi connectivity index (χ4v) is 4.53.